The van der Waals surface area contributed by atoms with Gasteiger partial charge in [0.25, 0.3) is 0 Å². The first-order valence-electron chi connectivity index (χ1n) is 5.69. The quantitative estimate of drug-likeness (QED) is 0.779. The average molecular weight is 232 g/mol. The van der Waals surface area contributed by atoms with E-state index in [9.17, 15) is 4.79 Å². The lowest BCUT2D eigenvalue weighted by Gasteiger charge is -2.13. The Morgan fingerprint density at radius 3 is 3.18 bits per heavy atom. The van der Waals surface area contributed by atoms with Crippen molar-refractivity contribution in [2.45, 2.75) is 25.8 Å². The molecule has 1 unspecified atom stereocenters. The molecule has 0 radical (unpaired) electrons. The number of H-pyrrole nitrogens is 1. The summed E-state index contributed by atoms with van der Waals surface area (Å²) in [6, 6.07) is 5.94. The fraction of sp³-hybridized carbons (Fsp3) is 0.308. The lowest BCUT2D eigenvalue weighted by atomic mass is 10.1. The van der Waals surface area contributed by atoms with Crippen LogP contribution in [0.3, 0.4) is 0 Å². The number of aromatic nitrogens is 1. The average Bonchev–Trinajstić information content (AvgIpc) is 2.65. The van der Waals surface area contributed by atoms with E-state index in [1.54, 1.807) is 6.07 Å². The van der Waals surface area contributed by atoms with Crippen LogP contribution in [-0.4, -0.2) is 11.0 Å². The van der Waals surface area contributed by atoms with Gasteiger partial charge < -0.3 is 9.73 Å². The fourth-order valence-corrected chi connectivity index (χ4v) is 1.77. The van der Waals surface area contributed by atoms with Crippen LogP contribution in [0.4, 0.5) is 5.69 Å². The summed E-state index contributed by atoms with van der Waals surface area (Å²) in [5, 5.41) is 3.37. The van der Waals surface area contributed by atoms with Gasteiger partial charge in [0.15, 0.2) is 5.58 Å². The van der Waals surface area contributed by atoms with Gasteiger partial charge >= 0.3 is 5.76 Å². The summed E-state index contributed by atoms with van der Waals surface area (Å²) in [5.41, 5.74) is 2.28. The number of nitrogens with one attached hydrogen (secondary N) is 2. The summed E-state index contributed by atoms with van der Waals surface area (Å²) in [7, 11) is 0. The molecular weight excluding hydrogens is 216 g/mol. The first-order chi connectivity index (χ1) is 8.19. The van der Waals surface area contributed by atoms with Crippen LogP contribution in [0.2, 0.25) is 0 Å². The van der Waals surface area contributed by atoms with Crippen LogP contribution in [-0.2, 0) is 0 Å². The van der Waals surface area contributed by atoms with Crippen LogP contribution in [0.1, 0.15) is 19.8 Å². The second kappa shape index (κ2) is 4.91. The largest absolute Gasteiger partial charge is 0.417 e. The third-order valence-electron chi connectivity index (χ3n) is 2.64. The van der Waals surface area contributed by atoms with Gasteiger partial charge in [-0.3, -0.25) is 4.98 Å². The van der Waals surface area contributed by atoms with Gasteiger partial charge in [-0.1, -0.05) is 6.08 Å². The highest BCUT2D eigenvalue weighted by molar-refractivity contribution is 5.76. The summed E-state index contributed by atoms with van der Waals surface area (Å²) in [4.78, 5) is 13.6. The number of fused-ring (bicyclic) bond motifs is 1. The van der Waals surface area contributed by atoms with E-state index in [4.69, 9.17) is 4.42 Å². The van der Waals surface area contributed by atoms with E-state index >= 15 is 0 Å². The molecule has 1 heterocycles. The molecule has 0 aliphatic heterocycles. The van der Waals surface area contributed by atoms with E-state index in [0.717, 1.165) is 24.0 Å². The van der Waals surface area contributed by atoms with Crippen LogP contribution in [0.15, 0.2) is 40.1 Å². The molecule has 4 nitrogen and oxygen atoms in total. The Balaban J connectivity index is 2.13. The summed E-state index contributed by atoms with van der Waals surface area (Å²) in [6.07, 6.45) is 3.93. The van der Waals surface area contributed by atoms with E-state index in [1.807, 2.05) is 18.2 Å². The van der Waals surface area contributed by atoms with Gasteiger partial charge in [0.05, 0.1) is 5.52 Å². The number of oxazole rings is 1. The number of allylic oxidation sites excluding steroid dienone is 1. The van der Waals surface area contributed by atoms with Crippen molar-refractivity contribution in [2.24, 2.45) is 0 Å². The normalized spacial score (nSPS) is 12.5. The smallest absolute Gasteiger partial charge is 0.408 e. The topological polar surface area (TPSA) is 58.0 Å². The molecule has 0 amide bonds. The Kier molecular flexibility index (Phi) is 3.32. The van der Waals surface area contributed by atoms with Crippen LogP contribution in [0.25, 0.3) is 11.1 Å². The molecule has 0 aliphatic carbocycles. The highest BCUT2D eigenvalue weighted by atomic mass is 16.4. The van der Waals surface area contributed by atoms with Crippen LogP contribution in [0, 0.1) is 0 Å². The third-order valence-corrected chi connectivity index (χ3v) is 2.64. The number of aromatic amines is 1. The maximum atomic E-state index is 11.0. The Morgan fingerprint density at radius 1 is 1.59 bits per heavy atom. The molecule has 17 heavy (non-hydrogen) atoms. The number of hydrogen-bond donors (Lipinski definition) is 2. The summed E-state index contributed by atoms with van der Waals surface area (Å²) >= 11 is 0. The van der Waals surface area contributed by atoms with Crippen LogP contribution >= 0.6 is 0 Å². The molecule has 90 valence electrons. The van der Waals surface area contributed by atoms with Gasteiger partial charge in [-0.25, -0.2) is 4.79 Å². The lowest BCUT2D eigenvalue weighted by molar-refractivity contribution is 0.555. The second-order valence-corrected chi connectivity index (χ2v) is 4.14. The first-order valence-corrected chi connectivity index (χ1v) is 5.69. The highest BCUT2D eigenvalue weighted by Crippen LogP contribution is 2.17. The summed E-state index contributed by atoms with van der Waals surface area (Å²) < 4.78 is 4.94. The molecule has 0 spiro atoms. The standard InChI is InChI=1S/C13H16N2O2/c1-3-4-5-9(2)14-10-6-7-12-11(8-10)15-13(16)17-12/h3,6-9,14H,1,4-5H2,2H3,(H,15,16). The van der Waals surface area contributed by atoms with Crippen molar-refractivity contribution in [3.63, 3.8) is 0 Å². The SMILES string of the molecule is C=CCCC(C)Nc1ccc2oc(=O)[nH]c2c1. The number of benzene rings is 1. The summed E-state index contributed by atoms with van der Waals surface area (Å²) in [6.45, 7) is 5.82. The zero-order valence-electron chi connectivity index (χ0n) is 9.82. The van der Waals surface area contributed by atoms with E-state index in [1.165, 1.54) is 0 Å². The number of hydrogen-bond acceptors (Lipinski definition) is 3. The van der Waals surface area contributed by atoms with Crippen LogP contribution < -0.4 is 11.1 Å². The fourth-order valence-electron chi connectivity index (χ4n) is 1.77. The van der Waals surface area contributed by atoms with Gasteiger partial charge in [0.1, 0.15) is 0 Å². The minimum atomic E-state index is -0.420. The second-order valence-electron chi connectivity index (χ2n) is 4.14. The first kappa shape index (κ1) is 11.5. The highest BCUT2D eigenvalue weighted by Gasteiger charge is 2.04. The molecule has 1 aromatic carbocycles. The van der Waals surface area contributed by atoms with Crippen molar-refractivity contribution in [3.05, 3.63) is 41.4 Å². The Bertz CT molecular complexity index is 568. The number of rotatable bonds is 5. The molecule has 1 aromatic heterocycles. The van der Waals surface area contributed by atoms with Crippen molar-refractivity contribution in [1.29, 1.82) is 0 Å². The van der Waals surface area contributed by atoms with Gasteiger partial charge in [-0.05, 0) is 38.0 Å². The van der Waals surface area contributed by atoms with Gasteiger partial charge in [-0.2, -0.15) is 0 Å². The van der Waals surface area contributed by atoms with Gasteiger partial charge in [0.2, 0.25) is 0 Å². The van der Waals surface area contributed by atoms with Crippen molar-refractivity contribution in [3.8, 4) is 0 Å². The minimum absolute atomic E-state index is 0.365. The zero-order chi connectivity index (χ0) is 12.3. The number of anilines is 1. The molecule has 0 saturated carbocycles. The van der Waals surface area contributed by atoms with E-state index < -0.39 is 5.76 Å². The van der Waals surface area contributed by atoms with Crippen LogP contribution in [0.5, 0.6) is 0 Å². The zero-order valence-corrected chi connectivity index (χ0v) is 9.82. The van der Waals surface area contributed by atoms with Crippen molar-refractivity contribution in [2.75, 3.05) is 5.32 Å². The van der Waals surface area contributed by atoms with E-state index in [-0.39, 0.29) is 0 Å². The van der Waals surface area contributed by atoms with Crippen molar-refractivity contribution >= 4 is 16.8 Å². The molecule has 0 aliphatic rings. The summed E-state index contributed by atoms with van der Waals surface area (Å²) in [5.74, 6) is -0.420. The molecule has 0 fully saturated rings. The molecule has 2 rings (SSSR count). The lowest BCUT2D eigenvalue weighted by Crippen LogP contribution is -2.14. The van der Waals surface area contributed by atoms with Gasteiger partial charge in [0, 0.05) is 11.7 Å². The van der Waals surface area contributed by atoms with E-state index in [2.05, 4.69) is 23.8 Å². The van der Waals surface area contributed by atoms with Gasteiger partial charge in [-0.15, -0.1) is 6.58 Å². The Hall–Kier alpha value is -1.97. The Labute approximate surface area is 99.3 Å². The van der Waals surface area contributed by atoms with Crippen molar-refractivity contribution in [1.82, 2.24) is 4.98 Å². The monoisotopic (exact) mass is 232 g/mol. The predicted molar refractivity (Wildman–Crippen MR) is 69.4 cm³/mol. The molecule has 4 heteroatoms. The maximum absolute atomic E-state index is 11.0. The Morgan fingerprint density at radius 2 is 2.41 bits per heavy atom. The molecular formula is C13H16N2O2. The molecule has 1 atom stereocenters. The third kappa shape index (κ3) is 2.78. The molecule has 0 bridgehead atoms. The van der Waals surface area contributed by atoms with Crippen molar-refractivity contribution < 1.29 is 4.42 Å². The molecule has 0 saturated heterocycles. The predicted octanol–water partition coefficient (Wildman–Crippen LogP) is 2.89. The minimum Gasteiger partial charge on any atom is -0.408 e. The molecule has 2 N–H and O–H groups in total. The van der Waals surface area contributed by atoms with E-state index in [0.29, 0.717) is 11.6 Å². The maximum Gasteiger partial charge on any atom is 0.417 e. The molecule has 2 aromatic rings.